The molecule has 11 aromatic rings. The Bertz CT molecular complexity index is 3140. The van der Waals surface area contributed by atoms with Gasteiger partial charge in [0.25, 0.3) is 0 Å². The summed E-state index contributed by atoms with van der Waals surface area (Å²) in [5.41, 5.74) is 12.1. The van der Waals surface area contributed by atoms with E-state index in [0.717, 1.165) is 0 Å². The SMILES string of the molecule is c1ccc(-n2c3ccccc3c3ccc(-c4ccc5c6ccccc6n(-c6ccccc6-c6cccc7c6sc6ccccc67)c5c4)cc32)cc1. The number of hydrogen-bond donors (Lipinski definition) is 0. The zero-order chi connectivity index (χ0) is 33.5. The van der Waals surface area contributed by atoms with E-state index >= 15 is 0 Å². The normalized spacial score (nSPS) is 11.9. The summed E-state index contributed by atoms with van der Waals surface area (Å²) in [5.74, 6) is 0. The number of para-hydroxylation sites is 4. The van der Waals surface area contributed by atoms with Gasteiger partial charge < -0.3 is 9.13 Å². The monoisotopic (exact) mass is 666 g/mol. The Balaban J connectivity index is 1.16. The molecule has 3 aromatic heterocycles. The molecule has 0 aliphatic carbocycles. The van der Waals surface area contributed by atoms with Crippen molar-refractivity contribution < 1.29 is 0 Å². The number of aromatic nitrogens is 2. The van der Waals surface area contributed by atoms with Crippen LogP contribution in [0.5, 0.6) is 0 Å². The van der Waals surface area contributed by atoms with Gasteiger partial charge in [-0.2, -0.15) is 0 Å². The van der Waals surface area contributed by atoms with Crippen molar-refractivity contribution in [3.8, 4) is 33.6 Å². The fourth-order valence-electron chi connectivity index (χ4n) is 8.27. The van der Waals surface area contributed by atoms with Crippen LogP contribution >= 0.6 is 11.3 Å². The number of fused-ring (bicyclic) bond motifs is 9. The molecule has 0 unspecified atom stereocenters. The first kappa shape index (κ1) is 28.4. The van der Waals surface area contributed by atoms with Gasteiger partial charge >= 0.3 is 0 Å². The smallest absolute Gasteiger partial charge is 0.0547 e. The van der Waals surface area contributed by atoms with Crippen molar-refractivity contribution >= 4 is 75.1 Å². The van der Waals surface area contributed by atoms with Gasteiger partial charge in [0.05, 0.1) is 27.8 Å². The zero-order valence-corrected chi connectivity index (χ0v) is 28.4. The van der Waals surface area contributed by atoms with Gasteiger partial charge in [0.15, 0.2) is 0 Å². The highest BCUT2D eigenvalue weighted by atomic mass is 32.1. The van der Waals surface area contributed by atoms with Crippen LogP contribution in [-0.4, -0.2) is 9.13 Å². The van der Waals surface area contributed by atoms with Crippen LogP contribution in [-0.2, 0) is 0 Å². The van der Waals surface area contributed by atoms with Gasteiger partial charge in [-0.15, -0.1) is 11.3 Å². The van der Waals surface area contributed by atoms with Crippen LogP contribution < -0.4 is 0 Å². The molecular weight excluding hydrogens is 637 g/mol. The van der Waals surface area contributed by atoms with E-state index in [1.807, 2.05) is 11.3 Å². The predicted octanol–water partition coefficient (Wildman–Crippen LogP) is 13.6. The summed E-state index contributed by atoms with van der Waals surface area (Å²) < 4.78 is 7.53. The van der Waals surface area contributed by atoms with E-state index in [2.05, 4.69) is 191 Å². The Morgan fingerprint density at radius 3 is 1.61 bits per heavy atom. The molecule has 0 fully saturated rings. The third-order valence-corrected chi connectivity index (χ3v) is 11.8. The van der Waals surface area contributed by atoms with Crippen molar-refractivity contribution in [2.45, 2.75) is 0 Å². The summed E-state index contributed by atoms with van der Waals surface area (Å²) in [5, 5.41) is 7.68. The van der Waals surface area contributed by atoms with E-state index < -0.39 is 0 Å². The van der Waals surface area contributed by atoms with Gasteiger partial charge in [-0.1, -0.05) is 133 Å². The Kier molecular flexibility index (Phi) is 6.16. The molecule has 11 rings (SSSR count). The van der Waals surface area contributed by atoms with E-state index in [4.69, 9.17) is 0 Å². The third-order valence-electron chi connectivity index (χ3n) is 10.5. The molecule has 8 aromatic carbocycles. The van der Waals surface area contributed by atoms with Crippen LogP contribution in [0.1, 0.15) is 0 Å². The molecule has 0 N–H and O–H groups in total. The van der Waals surface area contributed by atoms with Crippen molar-refractivity contribution in [2.24, 2.45) is 0 Å². The second kappa shape index (κ2) is 11.0. The van der Waals surface area contributed by atoms with Crippen molar-refractivity contribution in [2.75, 3.05) is 0 Å². The Morgan fingerprint density at radius 2 is 0.863 bits per heavy atom. The van der Waals surface area contributed by atoms with E-state index in [1.165, 1.54) is 97.4 Å². The predicted molar refractivity (Wildman–Crippen MR) is 219 cm³/mol. The summed E-state index contributed by atoms with van der Waals surface area (Å²) in [4.78, 5) is 0. The van der Waals surface area contributed by atoms with Crippen molar-refractivity contribution in [3.05, 3.63) is 182 Å². The van der Waals surface area contributed by atoms with E-state index in [9.17, 15) is 0 Å². The molecule has 3 heteroatoms. The standard InChI is InChI=1S/C48H30N2S/c1-2-13-33(14-3-1)49-42-21-8-4-15-34(42)37-27-25-31(29-45(37)49)32-26-28-38-35-16-5-9-22-43(35)50(46(38)30-32)44-23-10-6-17-36(44)40-19-12-20-41-39-18-7-11-24-47(39)51-48(40)41/h1-30H. The quantitative estimate of drug-likeness (QED) is 0.177. The Hall–Kier alpha value is -6.42. The lowest BCUT2D eigenvalue weighted by atomic mass is 10.00. The highest BCUT2D eigenvalue weighted by Gasteiger charge is 2.19. The average Bonchev–Trinajstić information content (AvgIpc) is 3.85. The maximum atomic E-state index is 2.48. The molecule has 0 radical (unpaired) electrons. The number of rotatable bonds is 4. The second-order valence-electron chi connectivity index (χ2n) is 13.3. The van der Waals surface area contributed by atoms with Gasteiger partial charge in [0.1, 0.15) is 0 Å². The molecule has 2 nitrogen and oxygen atoms in total. The van der Waals surface area contributed by atoms with E-state index in [-0.39, 0.29) is 0 Å². The van der Waals surface area contributed by atoms with Crippen LogP contribution in [0.2, 0.25) is 0 Å². The minimum Gasteiger partial charge on any atom is -0.309 e. The van der Waals surface area contributed by atoms with E-state index in [1.54, 1.807) is 0 Å². The molecule has 0 amide bonds. The molecule has 0 bridgehead atoms. The lowest BCUT2D eigenvalue weighted by Gasteiger charge is -2.15. The lowest BCUT2D eigenvalue weighted by Crippen LogP contribution is -1.97. The first-order valence-corrected chi connectivity index (χ1v) is 18.3. The highest BCUT2D eigenvalue weighted by Crippen LogP contribution is 2.44. The van der Waals surface area contributed by atoms with Crippen molar-refractivity contribution in [1.29, 1.82) is 0 Å². The number of benzene rings is 8. The summed E-state index contributed by atoms with van der Waals surface area (Å²) in [6.07, 6.45) is 0. The van der Waals surface area contributed by atoms with E-state index in [0.29, 0.717) is 0 Å². The van der Waals surface area contributed by atoms with Gasteiger partial charge in [-0.25, -0.2) is 0 Å². The minimum absolute atomic E-state index is 1.17. The largest absolute Gasteiger partial charge is 0.309 e. The third kappa shape index (κ3) is 4.22. The highest BCUT2D eigenvalue weighted by molar-refractivity contribution is 7.26. The molecule has 0 saturated carbocycles. The minimum atomic E-state index is 1.17. The summed E-state index contributed by atoms with van der Waals surface area (Å²) in [7, 11) is 0. The Labute approximate surface area is 298 Å². The van der Waals surface area contributed by atoms with Crippen LogP contribution in [0, 0.1) is 0 Å². The molecule has 3 heterocycles. The summed E-state index contributed by atoms with van der Waals surface area (Å²) in [6.45, 7) is 0. The molecule has 0 spiro atoms. The fourth-order valence-corrected chi connectivity index (χ4v) is 9.50. The molecule has 0 aliphatic rings. The van der Waals surface area contributed by atoms with Crippen LogP contribution in [0.4, 0.5) is 0 Å². The molecule has 238 valence electrons. The first-order valence-electron chi connectivity index (χ1n) is 17.4. The number of nitrogens with zero attached hydrogens (tertiary/aromatic N) is 2. The van der Waals surface area contributed by atoms with Crippen LogP contribution in [0.15, 0.2) is 182 Å². The Morgan fingerprint density at radius 1 is 0.333 bits per heavy atom. The lowest BCUT2D eigenvalue weighted by molar-refractivity contribution is 1.18. The van der Waals surface area contributed by atoms with Crippen molar-refractivity contribution in [3.63, 3.8) is 0 Å². The topological polar surface area (TPSA) is 9.86 Å². The number of thiophene rings is 1. The van der Waals surface area contributed by atoms with Crippen LogP contribution in [0.25, 0.3) is 97.4 Å². The maximum Gasteiger partial charge on any atom is 0.0547 e. The molecular formula is C48H30N2S. The maximum absolute atomic E-state index is 2.48. The molecule has 0 atom stereocenters. The first-order chi connectivity index (χ1) is 25.3. The zero-order valence-electron chi connectivity index (χ0n) is 27.6. The van der Waals surface area contributed by atoms with Gasteiger partial charge in [0.2, 0.25) is 0 Å². The summed E-state index contributed by atoms with van der Waals surface area (Å²) in [6, 6.07) is 66.6. The van der Waals surface area contributed by atoms with Gasteiger partial charge in [0, 0.05) is 58.5 Å². The number of hydrogen-bond acceptors (Lipinski definition) is 1. The molecule has 0 saturated heterocycles. The average molecular weight is 667 g/mol. The fraction of sp³-hybridized carbons (Fsp3) is 0. The second-order valence-corrected chi connectivity index (χ2v) is 14.4. The molecule has 0 aliphatic heterocycles. The van der Waals surface area contributed by atoms with Gasteiger partial charge in [-0.05, 0) is 59.7 Å². The summed E-state index contributed by atoms with van der Waals surface area (Å²) >= 11 is 1.89. The van der Waals surface area contributed by atoms with Crippen molar-refractivity contribution in [1.82, 2.24) is 9.13 Å². The van der Waals surface area contributed by atoms with Gasteiger partial charge in [-0.3, -0.25) is 0 Å². The van der Waals surface area contributed by atoms with Crippen LogP contribution in [0.3, 0.4) is 0 Å². The molecule has 51 heavy (non-hydrogen) atoms.